The quantitative estimate of drug-likeness (QED) is 0.487. The molecule has 0 aliphatic carbocycles. The standard InChI is InChI=1S/C23H18NO3/c1-16(2)22(25)27-23(17-10-4-3-5-11-17)18-12-6-8-14-20(18)24(26)21-15-9-7-13-19(21)23/h3-15H,1H2,2H3/q-1. The van der Waals surface area contributed by atoms with Crippen molar-refractivity contribution < 1.29 is 9.53 Å². The molecular weight excluding hydrogens is 338 g/mol. The molecule has 0 bridgehead atoms. The third kappa shape index (κ3) is 2.54. The summed E-state index contributed by atoms with van der Waals surface area (Å²) in [5.74, 6) is -0.511. The summed E-state index contributed by atoms with van der Waals surface area (Å²) in [5.41, 5.74) is 1.99. The van der Waals surface area contributed by atoms with Crippen LogP contribution < -0.4 is 5.06 Å². The molecule has 134 valence electrons. The van der Waals surface area contributed by atoms with Crippen molar-refractivity contribution in [2.45, 2.75) is 12.5 Å². The number of para-hydroxylation sites is 2. The average Bonchev–Trinajstić information content (AvgIpc) is 2.71. The molecule has 3 aromatic carbocycles. The number of carbonyl (C=O) groups excluding carboxylic acids is 1. The number of hydrogen-bond acceptors (Lipinski definition) is 4. The zero-order valence-corrected chi connectivity index (χ0v) is 14.9. The molecule has 0 atom stereocenters. The third-order valence-corrected chi connectivity index (χ3v) is 4.78. The molecule has 0 spiro atoms. The molecule has 1 heterocycles. The van der Waals surface area contributed by atoms with Gasteiger partial charge in [0.2, 0.25) is 0 Å². The van der Waals surface area contributed by atoms with Crippen LogP contribution in [0.5, 0.6) is 0 Å². The number of anilines is 2. The highest BCUT2D eigenvalue weighted by molar-refractivity contribution is 5.89. The van der Waals surface area contributed by atoms with Crippen molar-refractivity contribution in [3.8, 4) is 0 Å². The maximum absolute atomic E-state index is 13.0. The summed E-state index contributed by atoms with van der Waals surface area (Å²) in [5, 5.41) is 13.9. The van der Waals surface area contributed by atoms with Gasteiger partial charge in [-0.05, 0) is 19.1 Å². The monoisotopic (exact) mass is 356 g/mol. The number of fused-ring (bicyclic) bond motifs is 2. The lowest BCUT2D eigenvalue weighted by Gasteiger charge is -2.47. The Morgan fingerprint density at radius 1 is 0.889 bits per heavy atom. The Kier molecular flexibility index (Phi) is 4.05. The van der Waals surface area contributed by atoms with E-state index >= 15 is 0 Å². The lowest BCUT2D eigenvalue weighted by Crippen LogP contribution is -2.40. The number of rotatable bonds is 3. The Labute approximate surface area is 157 Å². The lowest BCUT2D eigenvalue weighted by molar-refractivity contribution is -0.148. The van der Waals surface area contributed by atoms with Crippen molar-refractivity contribution in [2.24, 2.45) is 0 Å². The summed E-state index contributed by atoms with van der Waals surface area (Å²) in [6, 6.07) is 23.9. The molecule has 0 unspecified atom stereocenters. The first kappa shape index (κ1) is 17.1. The molecular formula is C23H18NO3-. The van der Waals surface area contributed by atoms with E-state index in [9.17, 15) is 10.0 Å². The average molecular weight is 356 g/mol. The van der Waals surface area contributed by atoms with Gasteiger partial charge >= 0.3 is 5.97 Å². The summed E-state index contributed by atoms with van der Waals surface area (Å²) < 4.78 is 6.12. The molecule has 1 aliphatic heterocycles. The van der Waals surface area contributed by atoms with Gasteiger partial charge in [-0.3, -0.25) is 0 Å². The van der Waals surface area contributed by atoms with E-state index < -0.39 is 11.6 Å². The van der Waals surface area contributed by atoms with Crippen LogP contribution >= 0.6 is 0 Å². The van der Waals surface area contributed by atoms with Gasteiger partial charge in [0, 0.05) is 33.6 Å². The van der Waals surface area contributed by atoms with E-state index in [-0.39, 0.29) is 0 Å². The largest absolute Gasteiger partial charge is 0.754 e. The Hall–Kier alpha value is -3.37. The topological polar surface area (TPSA) is 52.6 Å². The predicted octanol–water partition coefficient (Wildman–Crippen LogP) is 5.05. The zero-order chi connectivity index (χ0) is 19.0. The molecule has 4 heteroatoms. The molecule has 0 amide bonds. The van der Waals surface area contributed by atoms with Crippen molar-refractivity contribution in [2.75, 3.05) is 5.06 Å². The van der Waals surface area contributed by atoms with Crippen LogP contribution in [0.25, 0.3) is 0 Å². The predicted molar refractivity (Wildman–Crippen MR) is 106 cm³/mol. The van der Waals surface area contributed by atoms with Crippen LogP contribution in [-0.2, 0) is 15.1 Å². The molecule has 0 saturated heterocycles. The van der Waals surface area contributed by atoms with E-state index in [4.69, 9.17) is 4.74 Å². The summed E-state index contributed by atoms with van der Waals surface area (Å²) in [4.78, 5) is 12.7. The van der Waals surface area contributed by atoms with Gasteiger partial charge in [0.25, 0.3) is 0 Å². The van der Waals surface area contributed by atoms with Crippen LogP contribution in [-0.4, -0.2) is 5.97 Å². The fourth-order valence-corrected chi connectivity index (χ4v) is 3.55. The highest BCUT2D eigenvalue weighted by atomic mass is 16.6. The van der Waals surface area contributed by atoms with Crippen molar-refractivity contribution in [1.82, 2.24) is 0 Å². The summed E-state index contributed by atoms with van der Waals surface area (Å²) >= 11 is 0. The number of esters is 1. The number of nitrogens with zero attached hydrogens (tertiary/aromatic N) is 1. The van der Waals surface area contributed by atoms with Gasteiger partial charge in [-0.25, -0.2) is 4.79 Å². The van der Waals surface area contributed by atoms with Crippen molar-refractivity contribution in [3.05, 3.63) is 113 Å². The minimum Gasteiger partial charge on any atom is -0.754 e. The molecule has 4 nitrogen and oxygen atoms in total. The van der Waals surface area contributed by atoms with Crippen LogP contribution in [0, 0.1) is 5.21 Å². The molecule has 0 N–H and O–H groups in total. The molecule has 27 heavy (non-hydrogen) atoms. The van der Waals surface area contributed by atoms with Crippen molar-refractivity contribution in [3.63, 3.8) is 0 Å². The third-order valence-electron chi connectivity index (χ3n) is 4.78. The molecule has 1 aliphatic rings. The first-order valence-electron chi connectivity index (χ1n) is 8.66. The van der Waals surface area contributed by atoms with E-state index in [1.165, 1.54) is 0 Å². The lowest BCUT2D eigenvalue weighted by atomic mass is 9.76. The van der Waals surface area contributed by atoms with Gasteiger partial charge in [0.1, 0.15) is 0 Å². The minimum absolute atomic E-state index is 0.296. The Morgan fingerprint density at radius 2 is 1.37 bits per heavy atom. The maximum Gasteiger partial charge on any atom is 0.334 e. The second-order valence-electron chi connectivity index (χ2n) is 6.55. The van der Waals surface area contributed by atoms with Gasteiger partial charge in [0.15, 0.2) is 5.60 Å². The van der Waals surface area contributed by atoms with Gasteiger partial charge < -0.3 is 15.0 Å². The first-order chi connectivity index (χ1) is 13.1. The molecule has 0 aromatic heterocycles. The van der Waals surface area contributed by atoms with Crippen LogP contribution in [0.1, 0.15) is 23.6 Å². The van der Waals surface area contributed by atoms with Gasteiger partial charge in [0.05, 0.1) is 0 Å². The molecule has 3 aromatic rings. The summed E-state index contributed by atoms with van der Waals surface area (Å²) in [7, 11) is 0. The molecule has 4 rings (SSSR count). The molecule has 0 fully saturated rings. The fourth-order valence-electron chi connectivity index (χ4n) is 3.55. The zero-order valence-electron chi connectivity index (χ0n) is 14.9. The van der Waals surface area contributed by atoms with Crippen LogP contribution in [0.3, 0.4) is 0 Å². The van der Waals surface area contributed by atoms with Crippen molar-refractivity contribution >= 4 is 17.3 Å². The number of benzene rings is 3. The second kappa shape index (κ2) is 6.41. The van der Waals surface area contributed by atoms with Crippen LogP contribution in [0.15, 0.2) is 91.0 Å². The van der Waals surface area contributed by atoms with E-state index in [2.05, 4.69) is 6.58 Å². The SMILES string of the molecule is C=C(C)C(=O)OC1(c2ccccc2)c2ccccc2N([O-])c2ccccc21. The van der Waals surface area contributed by atoms with Crippen LogP contribution in [0.2, 0.25) is 0 Å². The van der Waals surface area contributed by atoms with Gasteiger partial charge in [-0.2, -0.15) is 0 Å². The Bertz CT molecular complexity index is 979. The van der Waals surface area contributed by atoms with Crippen molar-refractivity contribution in [1.29, 1.82) is 0 Å². The fraction of sp³-hybridized carbons (Fsp3) is 0.0870. The number of ether oxygens (including phenoxy) is 1. The smallest absolute Gasteiger partial charge is 0.334 e. The highest BCUT2D eigenvalue weighted by Gasteiger charge is 2.46. The van der Waals surface area contributed by atoms with Crippen LogP contribution in [0.4, 0.5) is 11.4 Å². The van der Waals surface area contributed by atoms with E-state index in [0.29, 0.717) is 28.1 Å². The molecule has 0 radical (unpaired) electrons. The second-order valence-corrected chi connectivity index (χ2v) is 6.55. The van der Waals surface area contributed by atoms with E-state index in [1.807, 2.05) is 54.6 Å². The number of hydrogen-bond donors (Lipinski definition) is 0. The number of carbonyl (C=O) groups is 1. The van der Waals surface area contributed by atoms with E-state index in [0.717, 1.165) is 10.6 Å². The highest BCUT2D eigenvalue weighted by Crippen LogP contribution is 2.52. The summed E-state index contributed by atoms with van der Waals surface area (Å²) in [6.45, 7) is 5.34. The summed E-state index contributed by atoms with van der Waals surface area (Å²) in [6.07, 6.45) is 0. The maximum atomic E-state index is 13.0. The first-order valence-corrected chi connectivity index (χ1v) is 8.66. The Balaban J connectivity index is 2.10. The minimum atomic E-state index is -1.23. The molecule has 0 saturated carbocycles. The van der Waals surface area contributed by atoms with Gasteiger partial charge in [-0.1, -0.05) is 73.3 Å². The van der Waals surface area contributed by atoms with E-state index in [1.54, 1.807) is 31.2 Å². The normalized spacial score (nSPS) is 14.1. The van der Waals surface area contributed by atoms with Gasteiger partial charge in [-0.15, -0.1) is 0 Å². The Morgan fingerprint density at radius 3 is 1.89 bits per heavy atom.